The summed E-state index contributed by atoms with van der Waals surface area (Å²) in [5.41, 5.74) is 0. The molecular weight excluding hydrogens is 236 g/mol. The molecule has 0 atom stereocenters. The molecule has 0 aromatic rings. The molecule has 0 fully saturated rings. The maximum absolute atomic E-state index is 6.33. The number of hydrogen-bond acceptors (Lipinski definition) is 2. The molecular formula is C10H28O2Si3. The normalized spacial score (nSPS) is 13.6. The van der Waals surface area contributed by atoms with E-state index in [1.165, 1.54) is 18.9 Å². The highest BCUT2D eigenvalue weighted by Crippen LogP contribution is 2.21. The van der Waals surface area contributed by atoms with Gasteiger partial charge >= 0.3 is 8.56 Å². The first kappa shape index (κ1) is 15.6. The molecule has 0 rings (SSSR count). The van der Waals surface area contributed by atoms with Crippen molar-refractivity contribution in [1.82, 2.24) is 0 Å². The van der Waals surface area contributed by atoms with Gasteiger partial charge in [-0.15, -0.1) is 0 Å². The first-order chi connectivity index (χ1) is 6.68. The van der Waals surface area contributed by atoms with Crippen LogP contribution in [-0.4, -0.2) is 25.9 Å². The number of rotatable bonds is 7. The van der Waals surface area contributed by atoms with E-state index >= 15 is 0 Å². The maximum atomic E-state index is 6.33. The van der Waals surface area contributed by atoms with E-state index in [-0.39, 0.29) is 0 Å². The Bertz CT molecular complexity index is 182. The van der Waals surface area contributed by atoms with Gasteiger partial charge in [0.25, 0.3) is 0 Å². The molecule has 0 saturated carbocycles. The summed E-state index contributed by atoms with van der Waals surface area (Å²) >= 11 is 0. The average Bonchev–Trinajstić information content (AvgIpc) is 1.95. The fourth-order valence-electron chi connectivity index (χ4n) is 1.91. The predicted octanol–water partition coefficient (Wildman–Crippen LogP) is 3.71. The second-order valence-electron chi connectivity index (χ2n) is 5.53. The van der Waals surface area contributed by atoms with Gasteiger partial charge in [0.15, 0.2) is 17.4 Å². The summed E-state index contributed by atoms with van der Waals surface area (Å²) in [6.45, 7) is 15.7. The van der Waals surface area contributed by atoms with Crippen LogP contribution in [0, 0.1) is 0 Å². The van der Waals surface area contributed by atoms with Crippen LogP contribution in [0.5, 0.6) is 0 Å². The van der Waals surface area contributed by atoms with Crippen molar-refractivity contribution in [3.05, 3.63) is 0 Å². The van der Waals surface area contributed by atoms with Gasteiger partial charge < -0.3 is 8.23 Å². The lowest BCUT2D eigenvalue weighted by Gasteiger charge is -2.34. The highest BCUT2D eigenvalue weighted by molar-refractivity contribution is 6.84. The van der Waals surface area contributed by atoms with Crippen molar-refractivity contribution in [3.8, 4) is 0 Å². The lowest BCUT2D eigenvalue weighted by molar-refractivity contribution is 0.400. The Morgan fingerprint density at radius 2 is 1.60 bits per heavy atom. The summed E-state index contributed by atoms with van der Waals surface area (Å²) in [4.78, 5) is 0. The van der Waals surface area contributed by atoms with Gasteiger partial charge in [0, 0.05) is 0 Å². The van der Waals surface area contributed by atoms with Crippen molar-refractivity contribution in [1.29, 1.82) is 0 Å². The van der Waals surface area contributed by atoms with Crippen LogP contribution in [0.15, 0.2) is 0 Å². The Morgan fingerprint density at radius 1 is 1.07 bits per heavy atom. The number of unbranched alkanes of at least 4 members (excludes halogenated alkanes) is 1. The molecule has 0 aliphatic rings. The quantitative estimate of drug-likeness (QED) is 0.653. The van der Waals surface area contributed by atoms with Gasteiger partial charge in [-0.25, -0.2) is 0 Å². The van der Waals surface area contributed by atoms with Gasteiger partial charge in [-0.1, -0.05) is 19.8 Å². The molecule has 0 radical (unpaired) electrons. The Labute approximate surface area is 99.5 Å². The molecule has 0 saturated heterocycles. The molecule has 0 aliphatic heterocycles. The third kappa shape index (κ3) is 8.39. The third-order valence-corrected chi connectivity index (χ3v) is 12.1. The monoisotopic (exact) mass is 264 g/mol. The summed E-state index contributed by atoms with van der Waals surface area (Å²) in [7, 11) is -4.25. The first-order valence-corrected chi connectivity index (χ1v) is 14.8. The number of hydrogen-bond donors (Lipinski definition) is 0. The van der Waals surface area contributed by atoms with Crippen molar-refractivity contribution in [3.63, 3.8) is 0 Å². The smallest absolute Gasteiger partial charge is 0.310 e. The zero-order valence-corrected chi connectivity index (χ0v) is 14.7. The highest BCUT2D eigenvalue weighted by Gasteiger charge is 2.34. The molecule has 0 amide bonds. The lowest BCUT2D eigenvalue weighted by atomic mass is 10.4. The van der Waals surface area contributed by atoms with Crippen molar-refractivity contribution < 1.29 is 8.23 Å². The molecule has 0 heterocycles. The van der Waals surface area contributed by atoms with E-state index in [1.54, 1.807) is 0 Å². The standard InChI is InChI=1S/C10H28O2Si3/c1-8-9-10-14(4,5)12-15(6,7)11-13(2)3/h13H,8-10H2,1-7H3. The van der Waals surface area contributed by atoms with Gasteiger partial charge in [0.05, 0.1) is 0 Å². The van der Waals surface area contributed by atoms with Crippen LogP contribution in [0.3, 0.4) is 0 Å². The van der Waals surface area contributed by atoms with E-state index in [9.17, 15) is 0 Å². The Balaban J connectivity index is 4.16. The lowest BCUT2D eigenvalue weighted by Crippen LogP contribution is -2.48. The van der Waals surface area contributed by atoms with Crippen LogP contribution in [0.1, 0.15) is 19.8 Å². The minimum Gasteiger partial charge on any atom is -0.440 e. The second kappa shape index (κ2) is 6.34. The van der Waals surface area contributed by atoms with E-state index in [0.717, 1.165) is 0 Å². The molecule has 2 nitrogen and oxygen atoms in total. The molecule has 15 heavy (non-hydrogen) atoms. The zero-order chi connectivity index (χ0) is 12.1. The summed E-state index contributed by atoms with van der Waals surface area (Å²) in [6, 6.07) is 1.27. The Hall–Kier alpha value is 0.571. The highest BCUT2D eigenvalue weighted by atomic mass is 28.5. The second-order valence-corrected chi connectivity index (χ2v) is 16.2. The predicted molar refractivity (Wildman–Crippen MR) is 75.7 cm³/mol. The fourth-order valence-corrected chi connectivity index (χ4v) is 14.0. The van der Waals surface area contributed by atoms with Crippen LogP contribution in [0.25, 0.3) is 0 Å². The average molecular weight is 265 g/mol. The minimum absolute atomic E-state index is 0.953. The summed E-state index contributed by atoms with van der Waals surface area (Å²) in [5, 5.41) is 0. The van der Waals surface area contributed by atoms with Crippen molar-refractivity contribution >= 4 is 25.9 Å². The SMILES string of the molecule is CCCC[Si](C)(C)O[Si](C)(C)O[SiH](C)C. The molecule has 0 aliphatic carbocycles. The zero-order valence-electron chi connectivity index (χ0n) is 11.5. The van der Waals surface area contributed by atoms with Crippen molar-refractivity contribution in [2.45, 2.75) is 65.1 Å². The molecule has 0 spiro atoms. The fraction of sp³-hybridized carbons (Fsp3) is 1.00. The van der Waals surface area contributed by atoms with E-state index in [1.807, 2.05) is 0 Å². The van der Waals surface area contributed by atoms with Crippen LogP contribution in [0.2, 0.25) is 45.3 Å². The molecule has 0 N–H and O–H groups in total. The van der Waals surface area contributed by atoms with Gasteiger partial charge in [-0.2, -0.15) is 0 Å². The largest absolute Gasteiger partial charge is 0.440 e. The van der Waals surface area contributed by atoms with E-state index in [2.05, 4.69) is 46.2 Å². The van der Waals surface area contributed by atoms with Crippen LogP contribution < -0.4 is 0 Å². The summed E-state index contributed by atoms with van der Waals surface area (Å²) < 4.78 is 12.4. The van der Waals surface area contributed by atoms with Gasteiger partial charge in [-0.3, -0.25) is 0 Å². The molecule has 5 heteroatoms. The van der Waals surface area contributed by atoms with E-state index < -0.39 is 25.9 Å². The molecule has 0 aromatic heterocycles. The van der Waals surface area contributed by atoms with Gasteiger partial charge in [0.2, 0.25) is 0 Å². The topological polar surface area (TPSA) is 18.5 Å². The minimum atomic E-state index is -1.83. The molecule has 0 aromatic carbocycles. The maximum Gasteiger partial charge on any atom is 0.310 e. The molecule has 92 valence electrons. The Morgan fingerprint density at radius 3 is 2.00 bits per heavy atom. The van der Waals surface area contributed by atoms with Crippen molar-refractivity contribution in [2.75, 3.05) is 0 Å². The van der Waals surface area contributed by atoms with E-state index in [0.29, 0.717) is 0 Å². The van der Waals surface area contributed by atoms with Crippen LogP contribution in [-0.2, 0) is 8.23 Å². The molecule has 0 unspecified atom stereocenters. The molecule has 0 bridgehead atoms. The van der Waals surface area contributed by atoms with Gasteiger partial charge in [-0.05, 0) is 45.3 Å². The van der Waals surface area contributed by atoms with Crippen molar-refractivity contribution in [2.24, 2.45) is 0 Å². The van der Waals surface area contributed by atoms with Gasteiger partial charge in [0.1, 0.15) is 0 Å². The van der Waals surface area contributed by atoms with Crippen LogP contribution >= 0.6 is 0 Å². The Kier molecular flexibility index (Phi) is 6.58. The summed E-state index contributed by atoms with van der Waals surface area (Å²) in [6.07, 6.45) is 2.56. The third-order valence-electron chi connectivity index (χ3n) is 2.17. The van der Waals surface area contributed by atoms with Crippen LogP contribution in [0.4, 0.5) is 0 Å². The van der Waals surface area contributed by atoms with E-state index in [4.69, 9.17) is 8.23 Å². The summed E-state index contributed by atoms with van der Waals surface area (Å²) in [5.74, 6) is 0. The first-order valence-electron chi connectivity index (χ1n) is 6.06.